The van der Waals surface area contributed by atoms with Gasteiger partial charge in [-0.25, -0.2) is 14.8 Å². The van der Waals surface area contributed by atoms with E-state index >= 15 is 0 Å². The van der Waals surface area contributed by atoms with Gasteiger partial charge in [-0.15, -0.1) is 0 Å². The summed E-state index contributed by atoms with van der Waals surface area (Å²) in [5, 5.41) is 3.03. The predicted molar refractivity (Wildman–Crippen MR) is 107 cm³/mol. The Balaban J connectivity index is 1.69. The molecule has 1 fully saturated rings. The van der Waals surface area contributed by atoms with E-state index in [1.165, 1.54) is 24.1 Å². The summed E-state index contributed by atoms with van der Waals surface area (Å²) in [5.41, 5.74) is 2.12. The van der Waals surface area contributed by atoms with Crippen molar-refractivity contribution < 1.29 is 9.53 Å². The van der Waals surface area contributed by atoms with Crippen molar-refractivity contribution in [1.82, 2.24) is 15.3 Å². The molecule has 27 heavy (non-hydrogen) atoms. The fourth-order valence-electron chi connectivity index (χ4n) is 4.18. The molecule has 1 aliphatic heterocycles. The lowest BCUT2D eigenvalue weighted by Crippen LogP contribution is -2.48. The number of aryl methyl sites for hydroxylation is 2. The average molecular weight is 375 g/mol. The summed E-state index contributed by atoms with van der Waals surface area (Å²) in [7, 11) is 0. The summed E-state index contributed by atoms with van der Waals surface area (Å²) < 4.78 is 5.42. The molecule has 150 valence electrons. The van der Waals surface area contributed by atoms with Gasteiger partial charge in [-0.2, -0.15) is 0 Å². The first-order chi connectivity index (χ1) is 12.7. The molecular formula is C21H34N4O2. The maximum Gasteiger partial charge on any atom is 0.407 e. The first kappa shape index (κ1) is 19.9. The van der Waals surface area contributed by atoms with Crippen LogP contribution in [0.15, 0.2) is 0 Å². The van der Waals surface area contributed by atoms with Crippen LogP contribution in [0.2, 0.25) is 0 Å². The molecule has 6 heteroatoms. The standard InChI is InChI=1S/C21H34N4O2/c1-14(22-20(26)27-21(3,4)5)16-9-8-12-25(13-16)19-17-10-6-7-11-18(17)23-15(2)24-19/h14,16H,6-13H2,1-5H3,(H,22,26). The summed E-state index contributed by atoms with van der Waals surface area (Å²) in [6.45, 7) is 11.7. The number of amides is 1. The Labute approximate surface area is 163 Å². The summed E-state index contributed by atoms with van der Waals surface area (Å²) >= 11 is 0. The fraction of sp³-hybridized carbons (Fsp3) is 0.762. The zero-order chi connectivity index (χ0) is 19.6. The lowest BCUT2D eigenvalue weighted by Gasteiger charge is -2.38. The van der Waals surface area contributed by atoms with Gasteiger partial charge in [0.05, 0.1) is 0 Å². The second-order valence-electron chi connectivity index (χ2n) is 9.01. The van der Waals surface area contributed by atoms with Crippen LogP contribution in [0, 0.1) is 12.8 Å². The number of anilines is 1. The third-order valence-corrected chi connectivity index (χ3v) is 5.48. The Bertz CT molecular complexity index is 683. The maximum absolute atomic E-state index is 12.1. The van der Waals surface area contributed by atoms with Gasteiger partial charge in [0.1, 0.15) is 17.2 Å². The molecule has 1 amide bonds. The number of nitrogens with one attached hydrogen (secondary N) is 1. The number of carbonyl (C=O) groups excluding carboxylic acids is 1. The molecule has 1 N–H and O–H groups in total. The fourth-order valence-corrected chi connectivity index (χ4v) is 4.18. The number of ether oxygens (including phenoxy) is 1. The first-order valence-electron chi connectivity index (χ1n) is 10.3. The Morgan fingerprint density at radius 1 is 1.22 bits per heavy atom. The molecule has 0 aromatic carbocycles. The van der Waals surface area contributed by atoms with Crippen molar-refractivity contribution in [3.63, 3.8) is 0 Å². The highest BCUT2D eigenvalue weighted by Gasteiger charge is 2.30. The minimum absolute atomic E-state index is 0.0708. The van der Waals surface area contributed by atoms with E-state index in [1.54, 1.807) is 0 Å². The lowest BCUT2D eigenvalue weighted by molar-refractivity contribution is 0.0489. The number of nitrogens with zero attached hydrogens (tertiary/aromatic N) is 3. The van der Waals surface area contributed by atoms with Crippen molar-refractivity contribution in [2.45, 2.75) is 84.8 Å². The molecule has 2 atom stereocenters. The van der Waals surface area contributed by atoms with Gasteiger partial charge < -0.3 is 15.0 Å². The molecule has 6 nitrogen and oxygen atoms in total. The topological polar surface area (TPSA) is 67.4 Å². The Hall–Kier alpha value is -1.85. The number of hydrogen-bond acceptors (Lipinski definition) is 5. The average Bonchev–Trinajstić information content (AvgIpc) is 2.59. The van der Waals surface area contributed by atoms with Gasteiger partial charge in [0.15, 0.2) is 0 Å². The van der Waals surface area contributed by atoms with Gasteiger partial charge in [-0.05, 0) is 79.1 Å². The van der Waals surface area contributed by atoms with Crippen LogP contribution in [0.3, 0.4) is 0 Å². The van der Waals surface area contributed by atoms with Gasteiger partial charge in [0.25, 0.3) is 0 Å². The van der Waals surface area contributed by atoms with Crippen LogP contribution in [0.25, 0.3) is 0 Å². The third-order valence-electron chi connectivity index (χ3n) is 5.48. The molecule has 1 aromatic rings. The van der Waals surface area contributed by atoms with Gasteiger partial charge in [0, 0.05) is 30.4 Å². The summed E-state index contributed by atoms with van der Waals surface area (Å²) in [5.74, 6) is 2.39. The highest BCUT2D eigenvalue weighted by atomic mass is 16.6. The number of carbonyl (C=O) groups is 1. The maximum atomic E-state index is 12.1. The minimum atomic E-state index is -0.472. The first-order valence-corrected chi connectivity index (χ1v) is 10.3. The van der Waals surface area contributed by atoms with E-state index in [1.807, 2.05) is 27.7 Å². The van der Waals surface area contributed by atoms with Crippen LogP contribution in [0.1, 0.15) is 70.5 Å². The van der Waals surface area contributed by atoms with E-state index in [0.717, 1.165) is 50.4 Å². The molecular weight excluding hydrogens is 340 g/mol. The minimum Gasteiger partial charge on any atom is -0.444 e. The molecule has 2 unspecified atom stereocenters. The summed E-state index contributed by atoms with van der Waals surface area (Å²) in [4.78, 5) is 24.1. The van der Waals surface area contributed by atoms with E-state index < -0.39 is 5.60 Å². The predicted octanol–water partition coefficient (Wildman–Crippen LogP) is 3.79. The van der Waals surface area contributed by atoms with Crippen molar-refractivity contribution >= 4 is 11.9 Å². The van der Waals surface area contributed by atoms with E-state index in [2.05, 4.69) is 22.1 Å². The monoisotopic (exact) mass is 374 g/mol. The summed E-state index contributed by atoms with van der Waals surface area (Å²) in [6, 6.07) is 0.0708. The second kappa shape index (κ2) is 8.03. The largest absolute Gasteiger partial charge is 0.444 e. The highest BCUT2D eigenvalue weighted by molar-refractivity contribution is 5.68. The molecule has 1 aliphatic carbocycles. The van der Waals surface area contributed by atoms with Crippen LogP contribution in [0.4, 0.5) is 10.6 Å². The number of aromatic nitrogens is 2. The van der Waals surface area contributed by atoms with Crippen LogP contribution in [-0.4, -0.2) is 40.8 Å². The molecule has 0 bridgehead atoms. The number of piperidine rings is 1. The zero-order valence-electron chi connectivity index (χ0n) is 17.5. The number of fused-ring (bicyclic) bond motifs is 1. The zero-order valence-corrected chi connectivity index (χ0v) is 17.5. The number of alkyl carbamates (subject to hydrolysis) is 1. The number of hydrogen-bond donors (Lipinski definition) is 1. The normalized spacial score (nSPS) is 21.4. The van der Waals surface area contributed by atoms with Gasteiger partial charge in [-0.1, -0.05) is 0 Å². The van der Waals surface area contributed by atoms with E-state index in [0.29, 0.717) is 5.92 Å². The molecule has 0 saturated carbocycles. The Morgan fingerprint density at radius 2 is 1.96 bits per heavy atom. The summed E-state index contributed by atoms with van der Waals surface area (Å²) in [6.07, 6.45) is 6.49. The molecule has 1 saturated heterocycles. The van der Waals surface area contributed by atoms with E-state index in [9.17, 15) is 4.79 Å². The molecule has 1 aromatic heterocycles. The Kier molecular flexibility index (Phi) is 5.92. The highest BCUT2D eigenvalue weighted by Crippen LogP contribution is 2.31. The van der Waals surface area contributed by atoms with Crippen molar-refractivity contribution in [2.75, 3.05) is 18.0 Å². The van der Waals surface area contributed by atoms with Crippen molar-refractivity contribution in [3.05, 3.63) is 17.1 Å². The molecule has 3 rings (SSSR count). The molecule has 2 heterocycles. The molecule has 2 aliphatic rings. The van der Waals surface area contributed by atoms with Crippen molar-refractivity contribution in [2.24, 2.45) is 5.92 Å². The third kappa shape index (κ3) is 5.11. The second-order valence-corrected chi connectivity index (χ2v) is 9.01. The van der Waals surface area contributed by atoms with Gasteiger partial charge in [-0.3, -0.25) is 0 Å². The van der Waals surface area contributed by atoms with E-state index in [4.69, 9.17) is 9.72 Å². The van der Waals surface area contributed by atoms with Crippen LogP contribution >= 0.6 is 0 Å². The van der Waals surface area contributed by atoms with Gasteiger partial charge in [0.2, 0.25) is 0 Å². The van der Waals surface area contributed by atoms with Crippen molar-refractivity contribution in [1.29, 1.82) is 0 Å². The number of rotatable bonds is 3. The SMILES string of the molecule is Cc1nc2c(c(N3CCCC(C(C)NC(=O)OC(C)(C)C)C3)n1)CCCC2. The lowest BCUT2D eigenvalue weighted by atomic mass is 9.90. The van der Waals surface area contributed by atoms with Gasteiger partial charge >= 0.3 is 6.09 Å². The molecule has 0 radical (unpaired) electrons. The smallest absolute Gasteiger partial charge is 0.407 e. The quantitative estimate of drug-likeness (QED) is 0.872. The van der Waals surface area contributed by atoms with Crippen LogP contribution in [0.5, 0.6) is 0 Å². The van der Waals surface area contributed by atoms with Crippen LogP contribution < -0.4 is 10.2 Å². The van der Waals surface area contributed by atoms with Crippen molar-refractivity contribution in [3.8, 4) is 0 Å². The Morgan fingerprint density at radius 3 is 2.70 bits per heavy atom. The molecule has 0 spiro atoms. The van der Waals surface area contributed by atoms with Crippen LogP contribution in [-0.2, 0) is 17.6 Å². The van der Waals surface area contributed by atoms with E-state index in [-0.39, 0.29) is 12.1 Å².